The van der Waals surface area contributed by atoms with Gasteiger partial charge < -0.3 is 0 Å². The van der Waals surface area contributed by atoms with E-state index in [9.17, 15) is 23.3 Å². The summed E-state index contributed by atoms with van der Waals surface area (Å²) in [5.74, 6) is -0.593. The summed E-state index contributed by atoms with van der Waals surface area (Å²) in [5, 5.41) is 15.1. The average molecular weight is 471 g/mol. The van der Waals surface area contributed by atoms with Crippen molar-refractivity contribution >= 4 is 51.0 Å². The molecule has 1 atom stereocenters. The fraction of sp³-hybridized carbons (Fsp3) is 0.222. The summed E-state index contributed by atoms with van der Waals surface area (Å²) in [7, 11) is -3.87. The van der Waals surface area contributed by atoms with Crippen molar-refractivity contribution in [1.29, 1.82) is 0 Å². The van der Waals surface area contributed by atoms with Crippen molar-refractivity contribution in [2.24, 2.45) is 5.10 Å². The van der Waals surface area contributed by atoms with Crippen LogP contribution in [-0.2, 0) is 14.8 Å². The van der Waals surface area contributed by atoms with E-state index in [1.54, 1.807) is 0 Å². The number of benzene rings is 2. The van der Waals surface area contributed by atoms with Crippen LogP contribution in [0.4, 0.5) is 5.69 Å². The normalized spacial score (nSPS) is 17.3. The minimum atomic E-state index is -3.87. The van der Waals surface area contributed by atoms with Crippen LogP contribution >= 0.6 is 23.2 Å². The molecule has 12 heteroatoms. The number of halogens is 2. The van der Waals surface area contributed by atoms with Gasteiger partial charge in [-0.05, 0) is 43.2 Å². The highest BCUT2D eigenvalue weighted by molar-refractivity contribution is 7.89. The minimum Gasteiger partial charge on any atom is -0.271 e. The molecule has 1 N–H and O–H groups in total. The molecule has 1 aliphatic rings. The molecule has 9 nitrogen and oxygen atoms in total. The van der Waals surface area contributed by atoms with Crippen molar-refractivity contribution < 1.29 is 18.1 Å². The van der Waals surface area contributed by atoms with E-state index in [2.05, 4.69) is 10.5 Å². The molecule has 1 heterocycles. The van der Waals surface area contributed by atoms with E-state index in [4.69, 9.17) is 23.2 Å². The van der Waals surface area contributed by atoms with E-state index in [1.807, 2.05) is 0 Å². The number of hydrogen-bond donors (Lipinski definition) is 1. The van der Waals surface area contributed by atoms with Crippen molar-refractivity contribution in [1.82, 2.24) is 9.73 Å². The first-order chi connectivity index (χ1) is 14.2. The van der Waals surface area contributed by atoms with Gasteiger partial charge in [0.2, 0.25) is 10.0 Å². The molecule has 158 valence electrons. The Morgan fingerprint density at radius 2 is 1.93 bits per heavy atom. The number of rotatable bonds is 6. The maximum atomic E-state index is 12.9. The monoisotopic (exact) mass is 470 g/mol. The molecule has 0 radical (unpaired) electrons. The number of carbonyl (C=O) groups is 1. The molecule has 1 saturated heterocycles. The molecule has 1 amide bonds. The summed E-state index contributed by atoms with van der Waals surface area (Å²) in [4.78, 5) is 22.9. The first-order valence-corrected chi connectivity index (χ1v) is 10.9. The predicted molar refractivity (Wildman–Crippen MR) is 112 cm³/mol. The lowest BCUT2D eigenvalue weighted by Crippen LogP contribution is -2.44. The standard InChI is InChI=1S/C18H16Cl2N4O5S/c19-13-4-6-14(7-5-13)30(28,29)23-9-1-2-16(23)18(25)22-21-11-12-3-8-15(20)17(10-12)24(26)27/h3-8,10-11,16H,1-2,9H2,(H,22,25)/b21-11-/t16-/m0/s1. The Balaban J connectivity index is 1.72. The number of sulfonamides is 1. The average Bonchev–Trinajstić information content (AvgIpc) is 3.20. The Morgan fingerprint density at radius 3 is 2.60 bits per heavy atom. The van der Waals surface area contributed by atoms with Crippen molar-refractivity contribution in [3.05, 3.63) is 68.2 Å². The summed E-state index contributed by atoms with van der Waals surface area (Å²) in [5.41, 5.74) is 2.36. The second-order valence-corrected chi connectivity index (χ2v) is 9.16. The number of amides is 1. The molecule has 0 bridgehead atoms. The van der Waals surface area contributed by atoms with E-state index in [0.29, 0.717) is 23.4 Å². The zero-order valence-corrected chi connectivity index (χ0v) is 17.7. The first kappa shape index (κ1) is 22.2. The Bertz CT molecular complexity index is 1110. The zero-order chi connectivity index (χ0) is 21.9. The predicted octanol–water partition coefficient (Wildman–Crippen LogP) is 3.21. The third-order valence-corrected chi connectivity index (χ3v) is 6.98. The van der Waals surface area contributed by atoms with Gasteiger partial charge in [0.1, 0.15) is 11.1 Å². The molecular formula is C18H16Cl2N4O5S. The number of hydrogen-bond acceptors (Lipinski definition) is 6. The van der Waals surface area contributed by atoms with Gasteiger partial charge in [-0.15, -0.1) is 0 Å². The van der Waals surface area contributed by atoms with Gasteiger partial charge in [0.15, 0.2) is 0 Å². The van der Waals surface area contributed by atoms with Gasteiger partial charge in [0.05, 0.1) is 16.0 Å². The van der Waals surface area contributed by atoms with Crippen LogP contribution in [0, 0.1) is 10.1 Å². The van der Waals surface area contributed by atoms with Crippen molar-refractivity contribution in [2.75, 3.05) is 6.54 Å². The van der Waals surface area contributed by atoms with Crippen LogP contribution < -0.4 is 5.43 Å². The maximum absolute atomic E-state index is 12.9. The van der Waals surface area contributed by atoms with Crippen molar-refractivity contribution in [3.63, 3.8) is 0 Å². The van der Waals surface area contributed by atoms with Gasteiger partial charge in [0, 0.05) is 23.2 Å². The van der Waals surface area contributed by atoms with E-state index in [0.717, 1.165) is 4.31 Å². The number of carbonyl (C=O) groups excluding carboxylic acids is 1. The van der Waals surface area contributed by atoms with Gasteiger partial charge >= 0.3 is 0 Å². The van der Waals surface area contributed by atoms with Gasteiger partial charge in [-0.1, -0.05) is 29.3 Å². The smallest absolute Gasteiger partial charge is 0.271 e. The molecule has 3 rings (SSSR count). The van der Waals surface area contributed by atoms with Gasteiger partial charge in [-0.3, -0.25) is 14.9 Å². The van der Waals surface area contributed by atoms with E-state index in [1.165, 1.54) is 48.7 Å². The summed E-state index contributed by atoms with van der Waals surface area (Å²) in [6.45, 7) is 0.205. The summed E-state index contributed by atoms with van der Waals surface area (Å²) < 4.78 is 26.9. The van der Waals surface area contributed by atoms with Crippen LogP contribution in [0.25, 0.3) is 0 Å². The van der Waals surface area contributed by atoms with E-state index in [-0.39, 0.29) is 22.2 Å². The second kappa shape index (κ2) is 9.09. The molecule has 30 heavy (non-hydrogen) atoms. The minimum absolute atomic E-state index is 0.0183. The number of hydrazone groups is 1. The first-order valence-electron chi connectivity index (χ1n) is 8.74. The molecular weight excluding hydrogens is 455 g/mol. The molecule has 0 aromatic heterocycles. The lowest BCUT2D eigenvalue weighted by Gasteiger charge is -2.22. The molecule has 0 unspecified atom stereocenters. The number of nitrogens with one attached hydrogen (secondary N) is 1. The highest BCUT2D eigenvalue weighted by Crippen LogP contribution is 2.27. The largest absolute Gasteiger partial charge is 0.288 e. The van der Waals surface area contributed by atoms with Gasteiger partial charge in [-0.25, -0.2) is 13.8 Å². The summed E-state index contributed by atoms with van der Waals surface area (Å²) >= 11 is 11.6. The van der Waals surface area contributed by atoms with Gasteiger partial charge in [-0.2, -0.15) is 9.41 Å². The fourth-order valence-electron chi connectivity index (χ4n) is 3.03. The van der Waals surface area contributed by atoms with Crippen molar-refractivity contribution in [3.8, 4) is 0 Å². The topological polar surface area (TPSA) is 122 Å². The van der Waals surface area contributed by atoms with Gasteiger partial charge in [0.25, 0.3) is 11.6 Å². The SMILES string of the molecule is O=C(N/N=C\c1ccc(Cl)c([N+](=O)[O-])c1)[C@@H]1CCCN1S(=O)(=O)c1ccc(Cl)cc1. The highest BCUT2D eigenvalue weighted by atomic mass is 35.5. The summed E-state index contributed by atoms with van der Waals surface area (Å²) in [6, 6.07) is 8.85. The van der Waals surface area contributed by atoms with Crippen LogP contribution in [-0.4, -0.2) is 42.4 Å². The van der Waals surface area contributed by atoms with Crippen molar-refractivity contribution in [2.45, 2.75) is 23.8 Å². The molecule has 0 spiro atoms. The third-order valence-electron chi connectivity index (χ3n) is 4.48. The molecule has 2 aromatic rings. The Labute approximate surface area is 182 Å². The molecule has 1 aliphatic heterocycles. The lowest BCUT2D eigenvalue weighted by atomic mass is 10.2. The number of nitro groups is 1. The maximum Gasteiger partial charge on any atom is 0.288 e. The Kier molecular flexibility index (Phi) is 6.71. The van der Waals surface area contributed by atoms with Crippen LogP contribution in [0.1, 0.15) is 18.4 Å². The summed E-state index contributed by atoms with van der Waals surface area (Å²) in [6.07, 6.45) is 2.09. The third kappa shape index (κ3) is 4.78. The van der Waals surface area contributed by atoms with E-state index >= 15 is 0 Å². The Hall–Kier alpha value is -2.53. The highest BCUT2D eigenvalue weighted by Gasteiger charge is 2.39. The number of nitrogens with zero attached hydrogens (tertiary/aromatic N) is 3. The molecule has 2 aromatic carbocycles. The number of nitro benzene ring substituents is 1. The van der Waals surface area contributed by atoms with E-state index < -0.39 is 26.9 Å². The quantitative estimate of drug-likeness (QED) is 0.394. The second-order valence-electron chi connectivity index (χ2n) is 6.43. The molecule has 0 aliphatic carbocycles. The van der Waals surface area contributed by atoms with Crippen LogP contribution in [0.15, 0.2) is 52.5 Å². The zero-order valence-electron chi connectivity index (χ0n) is 15.4. The Morgan fingerprint density at radius 1 is 1.23 bits per heavy atom. The van der Waals surface area contributed by atoms with Crippen LogP contribution in [0.2, 0.25) is 10.0 Å². The van der Waals surface area contributed by atoms with Crippen LogP contribution in [0.3, 0.4) is 0 Å². The molecule has 1 fully saturated rings. The fourth-order valence-corrected chi connectivity index (χ4v) is 5.00. The lowest BCUT2D eigenvalue weighted by molar-refractivity contribution is -0.384. The molecule has 0 saturated carbocycles. The van der Waals surface area contributed by atoms with Crippen LogP contribution in [0.5, 0.6) is 0 Å².